The second-order valence-electron chi connectivity index (χ2n) is 6.71. The SMILES string of the molecule is CC1(C)CCCCC1CC(=O)NCc1cn(CC(=O)O)nn1. The molecule has 7 nitrogen and oxygen atoms in total. The van der Waals surface area contributed by atoms with E-state index in [0.717, 1.165) is 6.42 Å². The van der Waals surface area contributed by atoms with Gasteiger partial charge in [-0.3, -0.25) is 9.59 Å². The van der Waals surface area contributed by atoms with Gasteiger partial charge in [0.1, 0.15) is 12.2 Å². The lowest BCUT2D eigenvalue weighted by atomic mass is 9.67. The van der Waals surface area contributed by atoms with Gasteiger partial charge in [-0.05, 0) is 24.2 Å². The minimum atomic E-state index is -0.972. The molecule has 122 valence electrons. The molecule has 7 heteroatoms. The maximum atomic E-state index is 12.1. The molecule has 0 saturated heterocycles. The largest absolute Gasteiger partial charge is 0.480 e. The Hall–Kier alpha value is -1.92. The van der Waals surface area contributed by atoms with Gasteiger partial charge in [0.2, 0.25) is 5.91 Å². The lowest BCUT2D eigenvalue weighted by Crippen LogP contribution is -2.33. The normalized spacial score (nSPS) is 20.5. The number of aliphatic carboxylic acids is 1. The quantitative estimate of drug-likeness (QED) is 0.831. The van der Waals surface area contributed by atoms with Crippen LogP contribution in [0.4, 0.5) is 0 Å². The Labute approximate surface area is 130 Å². The lowest BCUT2D eigenvalue weighted by molar-refractivity contribution is -0.138. The zero-order chi connectivity index (χ0) is 16.2. The van der Waals surface area contributed by atoms with E-state index < -0.39 is 5.97 Å². The first-order valence-corrected chi connectivity index (χ1v) is 7.74. The predicted molar refractivity (Wildman–Crippen MR) is 79.9 cm³/mol. The third-order valence-electron chi connectivity index (χ3n) is 4.51. The van der Waals surface area contributed by atoms with Crippen molar-refractivity contribution >= 4 is 11.9 Å². The number of nitrogens with one attached hydrogen (secondary N) is 1. The summed E-state index contributed by atoms with van der Waals surface area (Å²) < 4.78 is 1.24. The third-order valence-corrected chi connectivity index (χ3v) is 4.51. The minimum absolute atomic E-state index is 0.0211. The number of carbonyl (C=O) groups excluding carboxylic acids is 1. The van der Waals surface area contributed by atoms with E-state index in [9.17, 15) is 9.59 Å². The number of carboxylic acid groups (broad SMARTS) is 1. The number of hydrogen-bond acceptors (Lipinski definition) is 4. The fourth-order valence-corrected chi connectivity index (χ4v) is 3.07. The van der Waals surface area contributed by atoms with Crippen molar-refractivity contribution in [2.45, 2.75) is 59.0 Å². The van der Waals surface area contributed by atoms with Gasteiger partial charge >= 0.3 is 5.97 Å². The molecular weight excluding hydrogens is 284 g/mol. The van der Waals surface area contributed by atoms with Crippen molar-refractivity contribution < 1.29 is 14.7 Å². The van der Waals surface area contributed by atoms with Gasteiger partial charge in [-0.15, -0.1) is 5.10 Å². The van der Waals surface area contributed by atoms with Crippen LogP contribution in [0.1, 0.15) is 51.6 Å². The van der Waals surface area contributed by atoms with Gasteiger partial charge in [-0.25, -0.2) is 4.68 Å². The van der Waals surface area contributed by atoms with E-state index in [4.69, 9.17) is 5.11 Å². The molecule has 1 amide bonds. The lowest BCUT2D eigenvalue weighted by Gasteiger charge is -2.38. The third kappa shape index (κ3) is 4.54. The van der Waals surface area contributed by atoms with E-state index in [0.29, 0.717) is 18.0 Å². The van der Waals surface area contributed by atoms with E-state index in [-0.39, 0.29) is 24.4 Å². The molecule has 0 spiro atoms. The zero-order valence-corrected chi connectivity index (χ0v) is 13.2. The Balaban J connectivity index is 1.80. The Morgan fingerprint density at radius 3 is 2.91 bits per heavy atom. The summed E-state index contributed by atoms with van der Waals surface area (Å²) in [7, 11) is 0. The van der Waals surface area contributed by atoms with Crippen molar-refractivity contribution in [2.75, 3.05) is 0 Å². The smallest absolute Gasteiger partial charge is 0.325 e. The highest BCUT2D eigenvalue weighted by Crippen LogP contribution is 2.42. The summed E-state index contributed by atoms with van der Waals surface area (Å²) in [6.07, 6.45) is 6.81. The van der Waals surface area contributed by atoms with E-state index in [1.165, 1.54) is 23.9 Å². The van der Waals surface area contributed by atoms with Crippen molar-refractivity contribution in [1.82, 2.24) is 20.3 Å². The molecule has 1 aliphatic rings. The van der Waals surface area contributed by atoms with Crippen LogP contribution in [0.3, 0.4) is 0 Å². The highest BCUT2D eigenvalue weighted by Gasteiger charge is 2.33. The Morgan fingerprint density at radius 2 is 2.23 bits per heavy atom. The van der Waals surface area contributed by atoms with Gasteiger partial charge in [0, 0.05) is 6.42 Å². The second-order valence-corrected chi connectivity index (χ2v) is 6.71. The molecule has 22 heavy (non-hydrogen) atoms. The molecule has 0 bridgehead atoms. The summed E-state index contributed by atoms with van der Waals surface area (Å²) in [6.45, 7) is 4.53. The molecule has 1 aromatic heterocycles. The summed E-state index contributed by atoms with van der Waals surface area (Å²) in [5, 5.41) is 19.1. The Bertz CT molecular complexity index is 539. The number of carboxylic acids is 1. The summed E-state index contributed by atoms with van der Waals surface area (Å²) in [6, 6.07) is 0. The standard InChI is InChI=1S/C15H24N4O3/c1-15(2)6-4-3-5-11(15)7-13(20)16-8-12-9-19(18-17-12)10-14(21)22/h9,11H,3-8,10H2,1-2H3,(H,16,20)(H,21,22). The predicted octanol–water partition coefficient (Wildman–Crippen LogP) is 1.59. The maximum Gasteiger partial charge on any atom is 0.325 e. The molecule has 2 rings (SSSR count). The number of amides is 1. The molecule has 0 aliphatic heterocycles. The van der Waals surface area contributed by atoms with Crippen molar-refractivity contribution in [3.8, 4) is 0 Å². The van der Waals surface area contributed by atoms with Crippen LogP contribution < -0.4 is 5.32 Å². The summed E-state index contributed by atoms with van der Waals surface area (Å²) in [5.41, 5.74) is 0.790. The number of carbonyl (C=O) groups is 2. The Morgan fingerprint density at radius 1 is 1.45 bits per heavy atom. The van der Waals surface area contributed by atoms with Crippen molar-refractivity contribution in [2.24, 2.45) is 11.3 Å². The van der Waals surface area contributed by atoms with Gasteiger partial charge in [0.25, 0.3) is 0 Å². The molecule has 1 fully saturated rings. The maximum absolute atomic E-state index is 12.1. The van der Waals surface area contributed by atoms with E-state index in [1.807, 2.05) is 0 Å². The van der Waals surface area contributed by atoms with Crippen LogP contribution in [-0.4, -0.2) is 32.0 Å². The van der Waals surface area contributed by atoms with Crippen LogP contribution in [0.25, 0.3) is 0 Å². The summed E-state index contributed by atoms with van der Waals surface area (Å²) in [5.74, 6) is -0.531. The summed E-state index contributed by atoms with van der Waals surface area (Å²) >= 11 is 0. The van der Waals surface area contributed by atoms with Gasteiger partial charge in [-0.1, -0.05) is 31.9 Å². The monoisotopic (exact) mass is 308 g/mol. The highest BCUT2D eigenvalue weighted by atomic mass is 16.4. The molecule has 1 heterocycles. The number of hydrogen-bond donors (Lipinski definition) is 2. The molecule has 1 aliphatic carbocycles. The first-order valence-electron chi connectivity index (χ1n) is 7.74. The fourth-order valence-electron chi connectivity index (χ4n) is 3.07. The van der Waals surface area contributed by atoms with E-state index in [2.05, 4.69) is 29.5 Å². The van der Waals surface area contributed by atoms with Crippen LogP contribution in [0.15, 0.2) is 6.20 Å². The van der Waals surface area contributed by atoms with Crippen molar-refractivity contribution in [1.29, 1.82) is 0 Å². The molecule has 0 aromatic carbocycles. The molecular formula is C15H24N4O3. The summed E-state index contributed by atoms with van der Waals surface area (Å²) in [4.78, 5) is 22.7. The van der Waals surface area contributed by atoms with E-state index >= 15 is 0 Å². The molecule has 0 radical (unpaired) electrons. The van der Waals surface area contributed by atoms with Crippen LogP contribution in [0, 0.1) is 11.3 Å². The Kier molecular flexibility index (Phi) is 5.15. The van der Waals surface area contributed by atoms with Crippen molar-refractivity contribution in [3.63, 3.8) is 0 Å². The second kappa shape index (κ2) is 6.89. The first kappa shape index (κ1) is 16.5. The van der Waals surface area contributed by atoms with Crippen molar-refractivity contribution in [3.05, 3.63) is 11.9 Å². The van der Waals surface area contributed by atoms with Gasteiger partial charge in [0.15, 0.2) is 0 Å². The number of aromatic nitrogens is 3. The molecule has 1 unspecified atom stereocenters. The molecule has 1 saturated carbocycles. The number of rotatable bonds is 6. The topological polar surface area (TPSA) is 97.1 Å². The van der Waals surface area contributed by atoms with Crippen LogP contribution in [0.5, 0.6) is 0 Å². The molecule has 1 atom stereocenters. The van der Waals surface area contributed by atoms with Crippen LogP contribution in [-0.2, 0) is 22.7 Å². The molecule has 2 N–H and O–H groups in total. The average molecular weight is 308 g/mol. The van der Waals surface area contributed by atoms with Crippen LogP contribution >= 0.6 is 0 Å². The molecule has 1 aromatic rings. The minimum Gasteiger partial charge on any atom is -0.480 e. The van der Waals surface area contributed by atoms with Gasteiger partial charge in [-0.2, -0.15) is 0 Å². The van der Waals surface area contributed by atoms with Gasteiger partial charge in [0.05, 0.1) is 12.7 Å². The first-order chi connectivity index (χ1) is 10.4. The number of nitrogens with zero attached hydrogens (tertiary/aromatic N) is 3. The van der Waals surface area contributed by atoms with E-state index in [1.54, 1.807) is 6.20 Å². The average Bonchev–Trinajstić information content (AvgIpc) is 2.85. The zero-order valence-electron chi connectivity index (χ0n) is 13.2. The van der Waals surface area contributed by atoms with Gasteiger partial charge < -0.3 is 10.4 Å². The van der Waals surface area contributed by atoms with Crippen LogP contribution in [0.2, 0.25) is 0 Å². The highest BCUT2D eigenvalue weighted by molar-refractivity contribution is 5.76. The fraction of sp³-hybridized carbons (Fsp3) is 0.733.